The number of carboxylic acid groups (broad SMARTS) is 1. The quantitative estimate of drug-likeness (QED) is 0.775. The van der Waals surface area contributed by atoms with Crippen molar-refractivity contribution in [2.75, 3.05) is 6.54 Å². The van der Waals surface area contributed by atoms with E-state index in [1.807, 2.05) is 6.92 Å². The molecular formula is C11H13NO3. The average Bonchev–Trinajstić information content (AvgIpc) is 2.18. The SMILES string of the molecule is CCNC(=O)Cc1cccc(C(=O)O)c1. The third kappa shape index (κ3) is 3.42. The van der Waals surface area contributed by atoms with Crippen LogP contribution in [0, 0.1) is 0 Å². The van der Waals surface area contributed by atoms with Crippen molar-refractivity contribution < 1.29 is 14.7 Å². The van der Waals surface area contributed by atoms with Gasteiger partial charge in [0.25, 0.3) is 0 Å². The lowest BCUT2D eigenvalue weighted by atomic mass is 10.1. The predicted octanol–water partition coefficient (Wildman–Crippen LogP) is 1.06. The van der Waals surface area contributed by atoms with Gasteiger partial charge < -0.3 is 10.4 Å². The van der Waals surface area contributed by atoms with Crippen LogP contribution in [0.3, 0.4) is 0 Å². The van der Waals surface area contributed by atoms with E-state index in [1.165, 1.54) is 12.1 Å². The predicted molar refractivity (Wildman–Crippen MR) is 55.8 cm³/mol. The molecule has 0 aliphatic rings. The van der Waals surface area contributed by atoms with Gasteiger partial charge in [-0.2, -0.15) is 0 Å². The Bertz CT molecular complexity index is 374. The van der Waals surface area contributed by atoms with Crippen LogP contribution in [0.5, 0.6) is 0 Å². The number of aromatic carboxylic acids is 1. The van der Waals surface area contributed by atoms with Crippen molar-refractivity contribution in [1.29, 1.82) is 0 Å². The number of carboxylic acids is 1. The van der Waals surface area contributed by atoms with Crippen LogP contribution in [0.1, 0.15) is 22.8 Å². The summed E-state index contributed by atoms with van der Waals surface area (Å²) in [5, 5.41) is 11.4. The number of rotatable bonds is 4. The van der Waals surface area contributed by atoms with Crippen LogP contribution < -0.4 is 5.32 Å². The minimum Gasteiger partial charge on any atom is -0.478 e. The van der Waals surface area contributed by atoms with Gasteiger partial charge in [0.1, 0.15) is 0 Å². The normalized spacial score (nSPS) is 9.67. The van der Waals surface area contributed by atoms with Crippen LogP contribution in [0.25, 0.3) is 0 Å². The molecule has 0 aliphatic heterocycles. The lowest BCUT2D eigenvalue weighted by molar-refractivity contribution is -0.120. The summed E-state index contributed by atoms with van der Waals surface area (Å²) in [6.07, 6.45) is 0.217. The zero-order chi connectivity index (χ0) is 11.3. The van der Waals surface area contributed by atoms with Crippen LogP contribution in [0.15, 0.2) is 24.3 Å². The molecule has 0 saturated carbocycles. The molecule has 1 rings (SSSR count). The number of hydrogen-bond donors (Lipinski definition) is 2. The van der Waals surface area contributed by atoms with Crippen LogP contribution in [-0.2, 0) is 11.2 Å². The highest BCUT2D eigenvalue weighted by Crippen LogP contribution is 2.05. The zero-order valence-electron chi connectivity index (χ0n) is 8.49. The molecule has 1 aromatic rings. The second-order valence-corrected chi connectivity index (χ2v) is 3.14. The summed E-state index contributed by atoms with van der Waals surface area (Å²) in [7, 11) is 0. The molecule has 1 aromatic carbocycles. The van der Waals surface area contributed by atoms with Gasteiger partial charge in [0.15, 0.2) is 0 Å². The van der Waals surface area contributed by atoms with E-state index in [2.05, 4.69) is 5.32 Å². The monoisotopic (exact) mass is 207 g/mol. The Morgan fingerprint density at radius 1 is 1.40 bits per heavy atom. The highest BCUT2D eigenvalue weighted by molar-refractivity contribution is 5.88. The number of amides is 1. The first-order chi connectivity index (χ1) is 7.13. The van der Waals surface area contributed by atoms with Crippen molar-refractivity contribution in [2.45, 2.75) is 13.3 Å². The van der Waals surface area contributed by atoms with Crippen molar-refractivity contribution >= 4 is 11.9 Å². The smallest absolute Gasteiger partial charge is 0.335 e. The van der Waals surface area contributed by atoms with Crippen molar-refractivity contribution in [2.24, 2.45) is 0 Å². The Balaban J connectivity index is 2.73. The standard InChI is InChI=1S/C11H13NO3/c1-2-12-10(13)7-8-4-3-5-9(6-8)11(14)15/h3-6H,2,7H2,1H3,(H,12,13)(H,14,15). The van der Waals surface area contributed by atoms with Gasteiger partial charge in [-0.15, -0.1) is 0 Å². The minimum absolute atomic E-state index is 0.0972. The van der Waals surface area contributed by atoms with Crippen molar-refractivity contribution in [3.63, 3.8) is 0 Å². The van der Waals surface area contributed by atoms with E-state index in [9.17, 15) is 9.59 Å². The lowest BCUT2D eigenvalue weighted by Gasteiger charge is -2.03. The molecule has 2 N–H and O–H groups in total. The molecule has 0 radical (unpaired) electrons. The molecule has 1 amide bonds. The van der Waals surface area contributed by atoms with Crippen molar-refractivity contribution in [1.82, 2.24) is 5.32 Å². The molecule has 0 fully saturated rings. The highest BCUT2D eigenvalue weighted by Gasteiger charge is 2.05. The van der Waals surface area contributed by atoms with Gasteiger partial charge in [0.2, 0.25) is 5.91 Å². The molecule has 0 bridgehead atoms. The molecule has 15 heavy (non-hydrogen) atoms. The maximum Gasteiger partial charge on any atom is 0.335 e. The number of benzene rings is 1. The van der Waals surface area contributed by atoms with Gasteiger partial charge in [0.05, 0.1) is 12.0 Å². The Hall–Kier alpha value is -1.84. The summed E-state index contributed by atoms with van der Waals surface area (Å²) in [5.74, 6) is -1.08. The van der Waals surface area contributed by atoms with E-state index in [-0.39, 0.29) is 17.9 Å². The number of hydrogen-bond acceptors (Lipinski definition) is 2. The van der Waals surface area contributed by atoms with Gasteiger partial charge in [-0.1, -0.05) is 12.1 Å². The van der Waals surface area contributed by atoms with E-state index in [1.54, 1.807) is 12.1 Å². The highest BCUT2D eigenvalue weighted by atomic mass is 16.4. The van der Waals surface area contributed by atoms with Gasteiger partial charge in [-0.25, -0.2) is 4.79 Å². The summed E-state index contributed by atoms with van der Waals surface area (Å²) in [4.78, 5) is 21.9. The van der Waals surface area contributed by atoms with Crippen LogP contribution >= 0.6 is 0 Å². The summed E-state index contributed by atoms with van der Waals surface area (Å²) in [6.45, 7) is 2.42. The van der Waals surface area contributed by atoms with E-state index < -0.39 is 5.97 Å². The largest absolute Gasteiger partial charge is 0.478 e. The van der Waals surface area contributed by atoms with Crippen LogP contribution in [0.4, 0.5) is 0 Å². The van der Waals surface area contributed by atoms with Gasteiger partial charge >= 0.3 is 5.97 Å². The molecule has 0 atom stereocenters. The van der Waals surface area contributed by atoms with E-state index in [4.69, 9.17) is 5.11 Å². The second kappa shape index (κ2) is 5.14. The maximum atomic E-state index is 11.2. The summed E-state index contributed by atoms with van der Waals surface area (Å²) >= 11 is 0. The van der Waals surface area contributed by atoms with Crippen molar-refractivity contribution in [3.8, 4) is 0 Å². The van der Waals surface area contributed by atoms with Crippen molar-refractivity contribution in [3.05, 3.63) is 35.4 Å². The first-order valence-corrected chi connectivity index (χ1v) is 4.72. The Kier molecular flexibility index (Phi) is 3.85. The van der Waals surface area contributed by atoms with E-state index >= 15 is 0 Å². The first-order valence-electron chi connectivity index (χ1n) is 4.72. The number of nitrogens with one attached hydrogen (secondary N) is 1. The van der Waals surface area contributed by atoms with Gasteiger partial charge in [-0.05, 0) is 24.6 Å². The maximum absolute atomic E-state index is 11.2. The minimum atomic E-state index is -0.979. The molecule has 4 nitrogen and oxygen atoms in total. The Labute approximate surface area is 87.9 Å². The Morgan fingerprint density at radius 2 is 2.13 bits per heavy atom. The fraction of sp³-hybridized carbons (Fsp3) is 0.273. The van der Waals surface area contributed by atoms with Crippen LogP contribution in [-0.4, -0.2) is 23.5 Å². The summed E-state index contributed by atoms with van der Waals surface area (Å²) in [5.41, 5.74) is 0.914. The number of carbonyl (C=O) groups is 2. The molecular weight excluding hydrogens is 194 g/mol. The third-order valence-corrected chi connectivity index (χ3v) is 1.91. The van der Waals surface area contributed by atoms with E-state index in [0.717, 1.165) is 0 Å². The fourth-order valence-electron chi connectivity index (χ4n) is 1.26. The molecule has 0 saturated heterocycles. The molecule has 4 heteroatoms. The van der Waals surface area contributed by atoms with Gasteiger partial charge in [0, 0.05) is 6.54 Å². The summed E-state index contributed by atoms with van der Waals surface area (Å²) in [6, 6.07) is 6.39. The average molecular weight is 207 g/mol. The first kappa shape index (κ1) is 11.2. The number of carbonyl (C=O) groups excluding carboxylic acids is 1. The Morgan fingerprint density at radius 3 is 2.73 bits per heavy atom. The third-order valence-electron chi connectivity index (χ3n) is 1.91. The van der Waals surface area contributed by atoms with Gasteiger partial charge in [-0.3, -0.25) is 4.79 Å². The lowest BCUT2D eigenvalue weighted by Crippen LogP contribution is -2.24. The molecule has 80 valence electrons. The molecule has 0 spiro atoms. The molecule has 0 aromatic heterocycles. The molecule has 0 aliphatic carbocycles. The van der Waals surface area contributed by atoms with Crippen LogP contribution in [0.2, 0.25) is 0 Å². The molecule has 0 unspecified atom stereocenters. The zero-order valence-corrected chi connectivity index (χ0v) is 8.49. The molecule has 0 heterocycles. The topological polar surface area (TPSA) is 66.4 Å². The number of likely N-dealkylation sites (N-methyl/N-ethyl adjacent to an activating group) is 1. The summed E-state index contributed by atoms with van der Waals surface area (Å²) < 4.78 is 0. The van der Waals surface area contributed by atoms with E-state index in [0.29, 0.717) is 12.1 Å². The second-order valence-electron chi connectivity index (χ2n) is 3.14. The fourth-order valence-corrected chi connectivity index (χ4v) is 1.26.